The van der Waals surface area contributed by atoms with Crippen molar-refractivity contribution in [1.29, 1.82) is 0 Å². The topological polar surface area (TPSA) is 90.0 Å². The van der Waals surface area contributed by atoms with E-state index in [0.717, 1.165) is 29.9 Å². The van der Waals surface area contributed by atoms with Gasteiger partial charge in [-0.3, -0.25) is 9.59 Å². The number of urea groups is 1. The lowest BCUT2D eigenvalue weighted by Crippen LogP contribution is -2.35. The Morgan fingerprint density at radius 1 is 1.29 bits per heavy atom. The Balaban J connectivity index is 2.27. The van der Waals surface area contributed by atoms with Crippen LogP contribution in [-0.2, 0) is 9.59 Å². The van der Waals surface area contributed by atoms with Gasteiger partial charge in [-0.15, -0.1) is 0 Å². The molecule has 0 atom stereocenters. The standard InChI is InChI=1S/C17H21N3O4/c1-4-19(5-2)13-7-6-12(11(3)8-13)9-14-16(23)20(10-15(21)22)17(24)18-14/h6-9H,4-5,10H2,1-3H3,(H,18,24)(H,21,22)/b14-9+. The fourth-order valence-corrected chi connectivity index (χ4v) is 2.61. The molecular weight excluding hydrogens is 310 g/mol. The van der Waals surface area contributed by atoms with Crippen LogP contribution >= 0.6 is 0 Å². The third kappa shape index (κ3) is 3.56. The summed E-state index contributed by atoms with van der Waals surface area (Å²) in [5, 5.41) is 11.2. The molecule has 0 bridgehead atoms. The van der Waals surface area contributed by atoms with E-state index in [0.29, 0.717) is 4.90 Å². The van der Waals surface area contributed by atoms with Gasteiger partial charge in [0.25, 0.3) is 5.91 Å². The quantitative estimate of drug-likeness (QED) is 0.613. The van der Waals surface area contributed by atoms with Crippen LogP contribution in [0.25, 0.3) is 6.08 Å². The first-order chi connectivity index (χ1) is 11.4. The minimum absolute atomic E-state index is 0.0833. The van der Waals surface area contributed by atoms with Crippen LogP contribution in [0.2, 0.25) is 0 Å². The molecule has 0 radical (unpaired) electrons. The average Bonchev–Trinajstić information content (AvgIpc) is 2.78. The number of imide groups is 1. The van der Waals surface area contributed by atoms with Crippen molar-refractivity contribution in [3.8, 4) is 0 Å². The molecule has 1 aromatic carbocycles. The highest BCUT2D eigenvalue weighted by molar-refractivity contribution is 6.15. The molecule has 0 aliphatic carbocycles. The van der Waals surface area contributed by atoms with E-state index < -0.39 is 24.5 Å². The summed E-state index contributed by atoms with van der Waals surface area (Å²) in [5.74, 6) is -1.87. The van der Waals surface area contributed by atoms with Gasteiger partial charge in [0, 0.05) is 18.8 Å². The molecule has 7 heteroatoms. The van der Waals surface area contributed by atoms with Crippen LogP contribution in [0.5, 0.6) is 0 Å². The Kier molecular flexibility index (Phi) is 5.23. The van der Waals surface area contributed by atoms with Gasteiger partial charge in [0.05, 0.1) is 0 Å². The molecule has 24 heavy (non-hydrogen) atoms. The highest BCUT2D eigenvalue weighted by atomic mass is 16.4. The number of carboxylic acid groups (broad SMARTS) is 1. The summed E-state index contributed by atoms with van der Waals surface area (Å²) < 4.78 is 0. The Bertz CT molecular complexity index is 708. The number of carbonyl (C=O) groups excluding carboxylic acids is 2. The maximum absolute atomic E-state index is 12.1. The van der Waals surface area contributed by atoms with E-state index in [9.17, 15) is 14.4 Å². The van der Waals surface area contributed by atoms with Gasteiger partial charge >= 0.3 is 12.0 Å². The second-order valence-electron chi connectivity index (χ2n) is 5.49. The lowest BCUT2D eigenvalue weighted by Gasteiger charge is -2.21. The minimum Gasteiger partial charge on any atom is -0.480 e. The summed E-state index contributed by atoms with van der Waals surface area (Å²) in [6.45, 7) is 7.23. The normalized spacial score (nSPS) is 15.8. The van der Waals surface area contributed by atoms with Gasteiger partial charge < -0.3 is 15.3 Å². The smallest absolute Gasteiger partial charge is 0.329 e. The number of nitrogens with zero attached hydrogens (tertiary/aromatic N) is 2. The number of carboxylic acids is 1. The van der Waals surface area contributed by atoms with Crippen LogP contribution in [0.3, 0.4) is 0 Å². The van der Waals surface area contributed by atoms with Gasteiger partial charge in [0.1, 0.15) is 12.2 Å². The fourth-order valence-electron chi connectivity index (χ4n) is 2.61. The van der Waals surface area contributed by atoms with E-state index >= 15 is 0 Å². The number of hydrogen-bond acceptors (Lipinski definition) is 4. The number of aliphatic carboxylic acids is 1. The molecule has 1 aliphatic rings. The fraction of sp³-hybridized carbons (Fsp3) is 0.353. The number of benzene rings is 1. The Labute approximate surface area is 140 Å². The molecule has 7 nitrogen and oxygen atoms in total. The molecule has 0 spiro atoms. The second kappa shape index (κ2) is 7.16. The first kappa shape index (κ1) is 17.5. The van der Waals surface area contributed by atoms with Gasteiger partial charge in [-0.2, -0.15) is 0 Å². The SMILES string of the molecule is CCN(CC)c1ccc(/C=C2/NC(=O)N(CC(=O)O)C2=O)c(C)c1. The zero-order chi connectivity index (χ0) is 17.9. The molecule has 2 N–H and O–H groups in total. The maximum Gasteiger partial charge on any atom is 0.329 e. The highest BCUT2D eigenvalue weighted by Crippen LogP contribution is 2.22. The predicted molar refractivity (Wildman–Crippen MR) is 90.6 cm³/mol. The molecular formula is C17H21N3O4. The van der Waals surface area contributed by atoms with Crippen molar-refractivity contribution in [2.45, 2.75) is 20.8 Å². The molecule has 1 fully saturated rings. The summed E-state index contributed by atoms with van der Waals surface area (Å²) in [4.78, 5) is 37.5. The third-order valence-corrected chi connectivity index (χ3v) is 3.94. The van der Waals surface area contributed by atoms with E-state index in [-0.39, 0.29) is 5.70 Å². The number of amides is 3. The van der Waals surface area contributed by atoms with Gasteiger partial charge in [0.2, 0.25) is 0 Å². The van der Waals surface area contributed by atoms with Crippen molar-refractivity contribution in [3.05, 3.63) is 35.0 Å². The molecule has 3 amide bonds. The van der Waals surface area contributed by atoms with Crippen LogP contribution in [-0.4, -0.2) is 47.5 Å². The predicted octanol–water partition coefficient (Wildman–Crippen LogP) is 1.82. The highest BCUT2D eigenvalue weighted by Gasteiger charge is 2.34. The van der Waals surface area contributed by atoms with Crippen LogP contribution in [0.4, 0.5) is 10.5 Å². The lowest BCUT2D eigenvalue weighted by molar-refractivity contribution is -0.140. The molecule has 1 aliphatic heterocycles. The van der Waals surface area contributed by atoms with E-state index in [2.05, 4.69) is 24.1 Å². The van der Waals surface area contributed by atoms with Gasteiger partial charge in [-0.25, -0.2) is 9.69 Å². The summed E-state index contributed by atoms with van der Waals surface area (Å²) in [6, 6.07) is 5.15. The monoisotopic (exact) mass is 331 g/mol. The van der Waals surface area contributed by atoms with E-state index in [1.54, 1.807) is 6.08 Å². The van der Waals surface area contributed by atoms with Crippen molar-refractivity contribution >= 4 is 29.7 Å². The number of anilines is 1. The zero-order valence-corrected chi connectivity index (χ0v) is 14.0. The number of carbonyl (C=O) groups is 3. The van der Waals surface area contributed by atoms with E-state index in [4.69, 9.17) is 5.11 Å². The van der Waals surface area contributed by atoms with E-state index in [1.807, 2.05) is 25.1 Å². The number of rotatable bonds is 6. The molecule has 0 saturated carbocycles. The second-order valence-corrected chi connectivity index (χ2v) is 5.49. The van der Waals surface area contributed by atoms with Gasteiger partial charge in [-0.05, 0) is 50.1 Å². The number of hydrogen-bond donors (Lipinski definition) is 2. The molecule has 0 aromatic heterocycles. The van der Waals surface area contributed by atoms with Crippen LogP contribution in [0, 0.1) is 6.92 Å². The first-order valence-corrected chi connectivity index (χ1v) is 7.79. The number of nitrogens with one attached hydrogen (secondary N) is 1. The number of aryl methyl sites for hydroxylation is 1. The van der Waals surface area contributed by atoms with Crippen molar-refractivity contribution in [1.82, 2.24) is 10.2 Å². The van der Waals surface area contributed by atoms with Crippen molar-refractivity contribution < 1.29 is 19.5 Å². The first-order valence-electron chi connectivity index (χ1n) is 7.79. The summed E-state index contributed by atoms with van der Waals surface area (Å²) in [5.41, 5.74) is 2.94. The Morgan fingerprint density at radius 2 is 1.96 bits per heavy atom. The van der Waals surface area contributed by atoms with Crippen molar-refractivity contribution in [3.63, 3.8) is 0 Å². The van der Waals surface area contributed by atoms with Crippen molar-refractivity contribution in [2.24, 2.45) is 0 Å². The Hall–Kier alpha value is -2.83. The van der Waals surface area contributed by atoms with Crippen molar-refractivity contribution in [2.75, 3.05) is 24.5 Å². The Morgan fingerprint density at radius 3 is 2.50 bits per heavy atom. The molecule has 128 valence electrons. The average molecular weight is 331 g/mol. The summed E-state index contributed by atoms with van der Waals surface area (Å²) in [6.07, 6.45) is 1.57. The van der Waals surface area contributed by atoms with E-state index in [1.165, 1.54) is 0 Å². The van der Waals surface area contributed by atoms with Crippen LogP contribution < -0.4 is 10.2 Å². The minimum atomic E-state index is -1.24. The molecule has 1 saturated heterocycles. The molecule has 2 rings (SSSR count). The van der Waals surface area contributed by atoms with Gasteiger partial charge in [0.15, 0.2) is 0 Å². The zero-order valence-electron chi connectivity index (χ0n) is 14.0. The largest absolute Gasteiger partial charge is 0.480 e. The van der Waals surface area contributed by atoms with Crippen LogP contribution in [0.1, 0.15) is 25.0 Å². The molecule has 0 unspecified atom stereocenters. The lowest BCUT2D eigenvalue weighted by atomic mass is 10.1. The summed E-state index contributed by atoms with van der Waals surface area (Å²) in [7, 11) is 0. The molecule has 1 aromatic rings. The van der Waals surface area contributed by atoms with Crippen LogP contribution in [0.15, 0.2) is 23.9 Å². The van der Waals surface area contributed by atoms with Gasteiger partial charge in [-0.1, -0.05) is 6.07 Å². The molecule has 1 heterocycles. The maximum atomic E-state index is 12.1. The third-order valence-electron chi connectivity index (χ3n) is 3.94. The summed E-state index contributed by atoms with van der Waals surface area (Å²) >= 11 is 0.